The maximum Gasteiger partial charge on any atom is 0.137 e. The van der Waals surface area contributed by atoms with Crippen molar-refractivity contribution in [3.8, 4) is 5.75 Å². The van der Waals surface area contributed by atoms with Gasteiger partial charge in [-0.25, -0.2) is 0 Å². The Morgan fingerprint density at radius 1 is 1.03 bits per heavy atom. The second-order valence-corrected chi connectivity index (χ2v) is 9.11. The normalized spacial score (nSPS) is 13.4. The molecule has 0 fully saturated rings. The predicted octanol–water partition coefficient (Wildman–Crippen LogP) is 3.21. The van der Waals surface area contributed by atoms with Crippen molar-refractivity contribution in [2.24, 2.45) is 5.92 Å². The molecule has 0 radical (unpaired) electrons. The molecule has 2 aromatic carbocycles. The average Bonchev–Trinajstić information content (AvgIpc) is 2.75. The lowest BCUT2D eigenvalue weighted by molar-refractivity contribution is -0.928. The Bertz CT molecular complexity index is 797. The van der Waals surface area contributed by atoms with Gasteiger partial charge in [0.2, 0.25) is 0 Å². The van der Waals surface area contributed by atoms with E-state index in [4.69, 9.17) is 4.74 Å². The van der Waals surface area contributed by atoms with Gasteiger partial charge < -0.3 is 31.3 Å². The summed E-state index contributed by atoms with van der Waals surface area (Å²) in [5, 5.41) is 13.1. The zero-order valence-corrected chi connectivity index (χ0v) is 21.7. The molecule has 2 rings (SSSR count). The second-order valence-electron chi connectivity index (χ2n) is 9.11. The van der Waals surface area contributed by atoms with Crippen LogP contribution in [0, 0.1) is 5.92 Å². The van der Waals surface area contributed by atoms with Crippen molar-refractivity contribution >= 4 is 10.8 Å². The van der Waals surface area contributed by atoms with Crippen molar-refractivity contribution in [3.05, 3.63) is 54.1 Å². The molecule has 1 N–H and O–H groups in total. The number of aliphatic hydroxyl groups is 1. The molecule has 4 heteroatoms. The van der Waals surface area contributed by atoms with Crippen LogP contribution in [0.2, 0.25) is 0 Å². The Kier molecular flexibility index (Phi) is 12.4. The van der Waals surface area contributed by atoms with E-state index in [0.29, 0.717) is 12.5 Å². The van der Waals surface area contributed by atoms with E-state index in [-0.39, 0.29) is 17.0 Å². The van der Waals surface area contributed by atoms with Gasteiger partial charge in [0.05, 0.1) is 19.6 Å². The van der Waals surface area contributed by atoms with Crippen LogP contribution in [0.5, 0.6) is 5.75 Å². The number of hydrogen-bond acceptors (Lipinski definition) is 2. The molecule has 0 aliphatic carbocycles. The van der Waals surface area contributed by atoms with E-state index in [1.165, 1.54) is 35.6 Å². The van der Waals surface area contributed by atoms with Gasteiger partial charge >= 0.3 is 0 Å². The van der Waals surface area contributed by atoms with Crippen LogP contribution >= 0.6 is 0 Å². The molecule has 174 valence electrons. The van der Waals surface area contributed by atoms with E-state index in [1.807, 2.05) is 18.2 Å². The Labute approximate surface area is 200 Å². The fourth-order valence-corrected chi connectivity index (χ4v) is 4.13. The van der Waals surface area contributed by atoms with E-state index in [1.54, 1.807) is 0 Å². The molecule has 0 aliphatic heterocycles. The van der Waals surface area contributed by atoms with E-state index in [0.717, 1.165) is 36.4 Å². The average molecular weight is 493 g/mol. The van der Waals surface area contributed by atoms with Gasteiger partial charge in [0.15, 0.2) is 0 Å². The Hall–Kier alpha value is -1.36. The highest BCUT2D eigenvalue weighted by Crippen LogP contribution is 2.21. The van der Waals surface area contributed by atoms with Crippen LogP contribution in [0.1, 0.15) is 53.9 Å². The molecule has 2 aromatic rings. The molecule has 0 aliphatic rings. The van der Waals surface area contributed by atoms with Crippen LogP contribution in [0.25, 0.3) is 10.8 Å². The first-order valence-electron chi connectivity index (χ1n) is 11.7. The van der Waals surface area contributed by atoms with Crippen LogP contribution in [0.15, 0.2) is 54.1 Å². The molecule has 0 saturated carbocycles. The van der Waals surface area contributed by atoms with Crippen LogP contribution < -0.4 is 21.7 Å². The first-order chi connectivity index (χ1) is 14.4. The molecule has 3 nitrogen and oxygen atoms in total. The van der Waals surface area contributed by atoms with Crippen LogP contribution in [-0.2, 0) is 0 Å². The summed E-state index contributed by atoms with van der Waals surface area (Å²) in [6.07, 6.45) is 5.50. The number of allylic oxidation sites excluding steroid dienone is 2. The minimum Gasteiger partial charge on any atom is -1.00 e. The number of hydrogen-bond donors (Lipinski definition) is 1. The van der Waals surface area contributed by atoms with Crippen molar-refractivity contribution in [3.63, 3.8) is 0 Å². The molecular weight excluding hydrogens is 450 g/mol. The highest BCUT2D eigenvalue weighted by molar-refractivity contribution is 5.83. The minimum atomic E-state index is -0.461. The summed E-state index contributed by atoms with van der Waals surface area (Å²) in [5.74, 6) is 1.54. The second kappa shape index (κ2) is 13.9. The number of ether oxygens (including phenoxy) is 1. The largest absolute Gasteiger partial charge is 1.00 e. The highest BCUT2D eigenvalue weighted by atomic mass is 79.9. The summed E-state index contributed by atoms with van der Waals surface area (Å²) in [4.78, 5) is 0. The van der Waals surface area contributed by atoms with Crippen molar-refractivity contribution in [2.75, 3.05) is 32.8 Å². The quantitative estimate of drug-likeness (QED) is 0.344. The predicted molar refractivity (Wildman–Crippen MR) is 129 cm³/mol. The maximum absolute atomic E-state index is 10.7. The van der Waals surface area contributed by atoms with E-state index in [9.17, 15) is 5.11 Å². The number of nitrogens with zero attached hydrogens (tertiary/aromatic N) is 1. The summed E-state index contributed by atoms with van der Waals surface area (Å²) in [6, 6.07) is 14.4. The molecular formula is C27H42BrNO2. The Morgan fingerprint density at radius 3 is 2.35 bits per heavy atom. The smallest absolute Gasteiger partial charge is 0.137 e. The molecule has 0 spiro atoms. The fourth-order valence-electron chi connectivity index (χ4n) is 4.13. The third-order valence-electron chi connectivity index (χ3n) is 6.41. The molecule has 0 amide bonds. The van der Waals surface area contributed by atoms with Gasteiger partial charge in [-0.1, -0.05) is 48.9 Å². The van der Waals surface area contributed by atoms with Crippen molar-refractivity contribution in [1.82, 2.24) is 0 Å². The van der Waals surface area contributed by atoms with Gasteiger partial charge in [0.1, 0.15) is 25.0 Å². The topological polar surface area (TPSA) is 29.5 Å². The standard InChI is InChI=1S/C27H42NO2.BrH/c1-6-28(7-2,18-17-23(5)12-10-11-22(3)4)20-26(29)21-30-27-16-15-24-13-8-9-14-25(24)19-27;/h8-9,11,13-16,19,23,26,29H,6-7,10,12,17-18,20-21H2,1-5H3;1H/q+1;/p-1. The zero-order valence-electron chi connectivity index (χ0n) is 20.1. The van der Waals surface area contributed by atoms with Crippen molar-refractivity contribution in [1.29, 1.82) is 0 Å². The SMILES string of the molecule is CC[N+](CC)(CCC(C)CCC=C(C)C)CC(O)COc1ccc2ccccc2c1.[Br-]. The van der Waals surface area contributed by atoms with Gasteiger partial charge in [0, 0.05) is 0 Å². The van der Waals surface area contributed by atoms with Crippen LogP contribution in [0.3, 0.4) is 0 Å². The maximum atomic E-state index is 10.7. The van der Waals surface area contributed by atoms with Crippen LogP contribution in [0.4, 0.5) is 0 Å². The third kappa shape index (κ3) is 9.34. The molecule has 0 heterocycles. The molecule has 31 heavy (non-hydrogen) atoms. The van der Waals surface area contributed by atoms with Crippen LogP contribution in [-0.4, -0.2) is 48.5 Å². The summed E-state index contributed by atoms with van der Waals surface area (Å²) in [5.41, 5.74) is 1.41. The molecule has 0 aromatic heterocycles. The van der Waals surface area contributed by atoms with E-state index < -0.39 is 6.10 Å². The Morgan fingerprint density at radius 2 is 1.71 bits per heavy atom. The summed E-state index contributed by atoms with van der Waals surface area (Å²) in [7, 11) is 0. The monoisotopic (exact) mass is 491 g/mol. The number of halogens is 1. The molecule has 0 bridgehead atoms. The van der Waals surface area contributed by atoms with Gasteiger partial charge in [-0.2, -0.15) is 0 Å². The highest BCUT2D eigenvalue weighted by Gasteiger charge is 2.27. The number of quaternary nitrogens is 1. The number of likely N-dealkylation sites (N-methyl/N-ethyl adjacent to an activating group) is 1. The summed E-state index contributed by atoms with van der Waals surface area (Å²) < 4.78 is 6.90. The molecule has 0 saturated heterocycles. The third-order valence-corrected chi connectivity index (χ3v) is 6.41. The van der Waals surface area contributed by atoms with E-state index in [2.05, 4.69) is 65.0 Å². The lowest BCUT2D eigenvalue weighted by atomic mass is 9.99. The summed E-state index contributed by atoms with van der Waals surface area (Å²) >= 11 is 0. The van der Waals surface area contributed by atoms with Crippen molar-refractivity contribution in [2.45, 2.75) is 60.0 Å². The number of aliphatic hydroxyl groups excluding tert-OH is 1. The van der Waals surface area contributed by atoms with Gasteiger partial charge in [-0.05, 0) is 75.8 Å². The lowest BCUT2D eigenvalue weighted by Gasteiger charge is -2.39. The first-order valence-corrected chi connectivity index (χ1v) is 11.7. The molecule has 2 unspecified atom stereocenters. The van der Waals surface area contributed by atoms with Gasteiger partial charge in [0.25, 0.3) is 0 Å². The zero-order chi connectivity index (χ0) is 22.0. The van der Waals surface area contributed by atoms with Gasteiger partial charge in [-0.3, -0.25) is 0 Å². The number of rotatable bonds is 13. The summed E-state index contributed by atoms with van der Waals surface area (Å²) in [6.45, 7) is 15.5. The van der Waals surface area contributed by atoms with Crippen molar-refractivity contribution < 1.29 is 31.3 Å². The minimum absolute atomic E-state index is 0. The van der Waals surface area contributed by atoms with E-state index >= 15 is 0 Å². The number of fused-ring (bicyclic) bond motifs is 1. The fraction of sp³-hybridized carbons (Fsp3) is 0.556. The number of benzene rings is 2. The molecule has 2 atom stereocenters. The first kappa shape index (κ1) is 27.7. The Balaban J connectivity index is 0.00000480. The lowest BCUT2D eigenvalue weighted by Crippen LogP contribution is -3.00. The van der Waals surface area contributed by atoms with Gasteiger partial charge in [-0.15, -0.1) is 0 Å².